The molecular formula is C27H26ClN3O4S. The van der Waals surface area contributed by atoms with Crippen molar-refractivity contribution < 1.29 is 19.1 Å². The van der Waals surface area contributed by atoms with Crippen molar-refractivity contribution >= 4 is 46.1 Å². The third kappa shape index (κ3) is 4.93. The highest BCUT2D eigenvalue weighted by Gasteiger charge is 2.42. The average Bonchev–Trinajstić information content (AvgIpc) is 3.31. The van der Waals surface area contributed by atoms with Crippen molar-refractivity contribution in [1.29, 1.82) is 0 Å². The lowest BCUT2D eigenvalue weighted by atomic mass is 9.91. The number of hydrogen-bond acceptors (Lipinski definition) is 7. The van der Waals surface area contributed by atoms with E-state index in [0.717, 1.165) is 16.8 Å². The monoisotopic (exact) mass is 523 g/mol. The number of benzene rings is 2. The highest BCUT2D eigenvalue weighted by atomic mass is 35.5. The van der Waals surface area contributed by atoms with Crippen molar-refractivity contribution in [3.8, 4) is 0 Å². The second-order valence-electron chi connectivity index (χ2n) is 8.47. The molecule has 0 bridgehead atoms. The van der Waals surface area contributed by atoms with Gasteiger partial charge in [0, 0.05) is 29.4 Å². The predicted molar refractivity (Wildman–Crippen MR) is 141 cm³/mol. The zero-order chi connectivity index (χ0) is 25.1. The van der Waals surface area contributed by atoms with Gasteiger partial charge < -0.3 is 19.3 Å². The first kappa shape index (κ1) is 24.6. The second kappa shape index (κ2) is 10.9. The second-order valence-corrected chi connectivity index (χ2v) is 9.74. The van der Waals surface area contributed by atoms with Gasteiger partial charge in [0.1, 0.15) is 0 Å². The number of hydrogen-bond donors (Lipinski definition) is 0. The Morgan fingerprint density at radius 2 is 1.92 bits per heavy atom. The Kier molecular flexibility index (Phi) is 7.46. The molecule has 2 aromatic rings. The summed E-state index contributed by atoms with van der Waals surface area (Å²) in [4.78, 5) is 35.4. The van der Waals surface area contributed by atoms with E-state index in [4.69, 9.17) is 26.1 Å². The number of esters is 1. The summed E-state index contributed by atoms with van der Waals surface area (Å²) in [5.74, 6) is -0.424. The van der Waals surface area contributed by atoms with E-state index in [1.54, 1.807) is 13.0 Å². The standard InChI is InChI=1S/C27H26ClN3O4S/c1-2-35-26(33)23-24(18-7-4-3-5-8-18)29-27-31(25(23)19-9-6-10-20(28)15-19)21(17-36-27)16-22(32)30-11-13-34-14-12-30/h3-10,15,17,25H,2,11-14,16H2,1H3. The molecule has 0 N–H and O–H groups in total. The molecule has 1 atom stereocenters. The first-order valence-electron chi connectivity index (χ1n) is 11.9. The summed E-state index contributed by atoms with van der Waals surface area (Å²) >= 11 is 7.85. The number of fused-ring (bicyclic) bond motifs is 1. The highest BCUT2D eigenvalue weighted by Crippen LogP contribution is 2.47. The number of amides is 1. The number of ether oxygens (including phenoxy) is 2. The molecule has 3 heterocycles. The number of halogens is 1. The van der Waals surface area contributed by atoms with Gasteiger partial charge in [0.25, 0.3) is 0 Å². The van der Waals surface area contributed by atoms with Gasteiger partial charge in [-0.1, -0.05) is 65.8 Å². The molecule has 1 amide bonds. The normalized spacial score (nSPS) is 19.6. The van der Waals surface area contributed by atoms with Gasteiger partial charge in [-0.2, -0.15) is 0 Å². The molecule has 9 heteroatoms. The van der Waals surface area contributed by atoms with Gasteiger partial charge in [-0.3, -0.25) is 4.79 Å². The van der Waals surface area contributed by atoms with Crippen LogP contribution in [0.15, 0.2) is 76.3 Å². The molecule has 7 nitrogen and oxygen atoms in total. The van der Waals surface area contributed by atoms with E-state index in [9.17, 15) is 9.59 Å². The topological polar surface area (TPSA) is 71.4 Å². The van der Waals surface area contributed by atoms with Crippen LogP contribution in [0, 0.1) is 0 Å². The van der Waals surface area contributed by atoms with E-state index in [0.29, 0.717) is 47.8 Å². The van der Waals surface area contributed by atoms with Crippen LogP contribution in [0.25, 0.3) is 5.70 Å². The molecule has 36 heavy (non-hydrogen) atoms. The molecule has 1 saturated heterocycles. The number of carbonyl (C=O) groups is 2. The minimum atomic E-state index is -0.552. The smallest absolute Gasteiger partial charge is 0.338 e. The van der Waals surface area contributed by atoms with E-state index >= 15 is 0 Å². The van der Waals surface area contributed by atoms with Gasteiger partial charge in [-0.25, -0.2) is 9.79 Å². The quantitative estimate of drug-likeness (QED) is 0.503. The Morgan fingerprint density at radius 1 is 1.14 bits per heavy atom. The van der Waals surface area contributed by atoms with Crippen LogP contribution in [0.2, 0.25) is 5.02 Å². The summed E-state index contributed by atoms with van der Waals surface area (Å²) in [7, 11) is 0. The number of thioether (sulfide) groups is 1. The predicted octanol–water partition coefficient (Wildman–Crippen LogP) is 4.86. The fourth-order valence-electron chi connectivity index (χ4n) is 4.56. The zero-order valence-electron chi connectivity index (χ0n) is 19.9. The van der Waals surface area contributed by atoms with Crippen molar-refractivity contribution in [2.24, 2.45) is 4.99 Å². The third-order valence-corrected chi connectivity index (χ3v) is 7.34. The van der Waals surface area contributed by atoms with Crippen LogP contribution in [0.3, 0.4) is 0 Å². The Labute approximate surface area is 219 Å². The maximum Gasteiger partial charge on any atom is 0.338 e. The summed E-state index contributed by atoms with van der Waals surface area (Å²) < 4.78 is 10.9. The van der Waals surface area contributed by atoms with Crippen LogP contribution in [-0.4, -0.2) is 59.8 Å². The third-order valence-electron chi connectivity index (χ3n) is 6.21. The summed E-state index contributed by atoms with van der Waals surface area (Å²) in [5, 5.41) is 3.21. The number of carbonyl (C=O) groups excluding carboxylic acids is 2. The first-order valence-corrected chi connectivity index (χ1v) is 13.1. The number of nitrogens with zero attached hydrogens (tertiary/aromatic N) is 3. The van der Waals surface area contributed by atoms with Crippen LogP contribution in [-0.2, 0) is 19.1 Å². The maximum absolute atomic E-state index is 13.5. The molecule has 2 aromatic carbocycles. The minimum absolute atomic E-state index is 0.0202. The lowest BCUT2D eigenvalue weighted by Crippen LogP contribution is -2.42. The van der Waals surface area contributed by atoms with E-state index in [2.05, 4.69) is 0 Å². The zero-order valence-corrected chi connectivity index (χ0v) is 21.4. The lowest BCUT2D eigenvalue weighted by Gasteiger charge is -2.37. The van der Waals surface area contributed by atoms with Crippen LogP contribution >= 0.6 is 23.4 Å². The van der Waals surface area contributed by atoms with Gasteiger partial charge in [0.15, 0.2) is 5.17 Å². The van der Waals surface area contributed by atoms with Crippen molar-refractivity contribution in [3.05, 3.63) is 87.4 Å². The largest absolute Gasteiger partial charge is 0.463 e. The number of morpholine rings is 1. The fourth-order valence-corrected chi connectivity index (χ4v) is 5.68. The molecule has 186 valence electrons. The molecule has 0 radical (unpaired) electrons. The van der Waals surface area contributed by atoms with Gasteiger partial charge in [0.2, 0.25) is 5.91 Å². The number of rotatable bonds is 6. The van der Waals surface area contributed by atoms with Gasteiger partial charge >= 0.3 is 5.97 Å². The Balaban J connectivity index is 1.60. The highest BCUT2D eigenvalue weighted by molar-refractivity contribution is 8.16. The molecule has 0 saturated carbocycles. The Bertz CT molecular complexity index is 1250. The van der Waals surface area contributed by atoms with Crippen molar-refractivity contribution in [3.63, 3.8) is 0 Å². The molecule has 5 rings (SSSR count). The molecule has 0 aromatic heterocycles. The van der Waals surface area contributed by atoms with E-state index in [1.807, 2.05) is 63.7 Å². The van der Waals surface area contributed by atoms with Gasteiger partial charge in [-0.15, -0.1) is 0 Å². The molecule has 0 aliphatic carbocycles. The maximum atomic E-state index is 13.5. The first-order chi connectivity index (χ1) is 17.6. The van der Waals surface area contributed by atoms with Crippen LogP contribution in [0.4, 0.5) is 0 Å². The number of amidine groups is 1. The SMILES string of the molecule is CCOC(=O)C1=C(c2ccccc2)N=C2SC=C(CC(=O)N3CCOCC3)N2C1c1cccc(Cl)c1. The van der Waals surface area contributed by atoms with Crippen molar-refractivity contribution in [2.45, 2.75) is 19.4 Å². The average molecular weight is 524 g/mol. The van der Waals surface area contributed by atoms with Crippen LogP contribution in [0.5, 0.6) is 0 Å². The summed E-state index contributed by atoms with van der Waals surface area (Å²) in [6, 6.07) is 16.5. The summed E-state index contributed by atoms with van der Waals surface area (Å²) in [6.07, 6.45) is 0.194. The molecule has 1 unspecified atom stereocenters. The van der Waals surface area contributed by atoms with Crippen LogP contribution in [0.1, 0.15) is 30.5 Å². The van der Waals surface area contributed by atoms with Gasteiger partial charge in [-0.05, 0) is 30.0 Å². The lowest BCUT2D eigenvalue weighted by molar-refractivity contribution is -0.139. The summed E-state index contributed by atoms with van der Waals surface area (Å²) in [6.45, 7) is 4.24. The van der Waals surface area contributed by atoms with Gasteiger partial charge in [0.05, 0.1) is 43.6 Å². The molecular weight excluding hydrogens is 498 g/mol. The Hall–Kier alpha value is -3.07. The van der Waals surface area contributed by atoms with E-state index in [1.165, 1.54) is 11.8 Å². The molecule has 0 spiro atoms. The van der Waals surface area contributed by atoms with Crippen molar-refractivity contribution in [1.82, 2.24) is 9.80 Å². The van der Waals surface area contributed by atoms with E-state index in [-0.39, 0.29) is 18.9 Å². The fraction of sp³-hybridized carbons (Fsp3) is 0.296. The molecule has 3 aliphatic heterocycles. The summed E-state index contributed by atoms with van der Waals surface area (Å²) in [5.41, 5.74) is 3.40. The van der Waals surface area contributed by atoms with Crippen molar-refractivity contribution in [2.75, 3.05) is 32.9 Å². The Morgan fingerprint density at radius 3 is 2.64 bits per heavy atom. The molecule has 1 fully saturated rings. The minimum Gasteiger partial charge on any atom is -0.463 e. The van der Waals surface area contributed by atoms with E-state index < -0.39 is 12.0 Å². The van der Waals surface area contributed by atoms with Crippen LogP contribution < -0.4 is 0 Å². The number of aliphatic imine (C=N–C) groups is 1. The molecule has 3 aliphatic rings.